The lowest BCUT2D eigenvalue weighted by atomic mass is 10.1. The number of carbonyl (C=O) groups is 1. The number of hydrogen-bond donors (Lipinski definition) is 3. The molecule has 6 nitrogen and oxygen atoms in total. The quantitative estimate of drug-likeness (QED) is 0.763. The third kappa shape index (κ3) is 4.23. The Morgan fingerprint density at radius 1 is 1.39 bits per heavy atom. The maximum Gasteiger partial charge on any atom is 0.315 e. The number of aliphatic hydroxyl groups excluding tert-OH is 1. The van der Waals surface area contributed by atoms with E-state index in [1.54, 1.807) is 25.1 Å². The van der Waals surface area contributed by atoms with Crippen molar-refractivity contribution in [2.24, 2.45) is 0 Å². The first-order valence-electron chi connectivity index (χ1n) is 7.11. The number of ether oxygens (including phenoxy) is 1. The van der Waals surface area contributed by atoms with Crippen LogP contribution in [-0.2, 0) is 0 Å². The molecular weight excluding hydrogens is 303 g/mol. The zero-order valence-electron chi connectivity index (χ0n) is 12.9. The van der Waals surface area contributed by atoms with Crippen molar-refractivity contribution in [1.82, 2.24) is 10.6 Å². The van der Waals surface area contributed by atoms with E-state index in [0.717, 1.165) is 0 Å². The predicted molar refractivity (Wildman–Crippen MR) is 81.6 cm³/mol. The van der Waals surface area contributed by atoms with E-state index in [-0.39, 0.29) is 12.1 Å². The summed E-state index contributed by atoms with van der Waals surface area (Å²) in [7, 11) is 1.44. The maximum atomic E-state index is 13.9. The van der Waals surface area contributed by atoms with Crippen molar-refractivity contribution in [3.63, 3.8) is 0 Å². The minimum atomic E-state index is -0.950. The normalized spacial score (nSPS) is 13.2. The molecule has 2 aromatic rings. The molecule has 3 N–H and O–H groups in total. The van der Waals surface area contributed by atoms with Gasteiger partial charge in [0.05, 0.1) is 31.5 Å². The van der Waals surface area contributed by atoms with E-state index in [1.165, 1.54) is 25.5 Å². The number of furan rings is 1. The third-order valence-electron chi connectivity index (χ3n) is 3.34. The molecule has 124 valence electrons. The van der Waals surface area contributed by atoms with Gasteiger partial charge in [0, 0.05) is 0 Å². The number of methoxy groups -OCH3 is 1. The van der Waals surface area contributed by atoms with Crippen LogP contribution in [0.15, 0.2) is 41.0 Å². The average molecular weight is 322 g/mol. The molecule has 0 radical (unpaired) electrons. The number of hydrogen-bond acceptors (Lipinski definition) is 4. The summed E-state index contributed by atoms with van der Waals surface area (Å²) in [6, 6.07) is 6.57. The van der Waals surface area contributed by atoms with Crippen molar-refractivity contribution in [3.05, 3.63) is 53.7 Å². The third-order valence-corrected chi connectivity index (χ3v) is 3.34. The van der Waals surface area contributed by atoms with E-state index >= 15 is 0 Å². The summed E-state index contributed by atoms with van der Waals surface area (Å²) in [6.07, 6.45) is 0.486. The van der Waals surface area contributed by atoms with E-state index < -0.39 is 24.0 Å². The van der Waals surface area contributed by atoms with E-state index in [0.29, 0.717) is 11.5 Å². The zero-order valence-corrected chi connectivity index (χ0v) is 12.9. The van der Waals surface area contributed by atoms with Gasteiger partial charge in [-0.25, -0.2) is 9.18 Å². The van der Waals surface area contributed by atoms with Crippen LogP contribution in [0.1, 0.15) is 30.4 Å². The first-order chi connectivity index (χ1) is 11.0. The second kappa shape index (κ2) is 7.64. The van der Waals surface area contributed by atoms with Crippen molar-refractivity contribution in [2.75, 3.05) is 13.7 Å². The van der Waals surface area contributed by atoms with Gasteiger partial charge in [0.1, 0.15) is 23.4 Å². The molecule has 7 heteroatoms. The molecule has 0 aliphatic carbocycles. The summed E-state index contributed by atoms with van der Waals surface area (Å²) in [5.41, 5.74) is 0.261. The molecule has 0 aliphatic rings. The largest absolute Gasteiger partial charge is 0.496 e. The molecule has 0 fully saturated rings. The van der Waals surface area contributed by atoms with Crippen LogP contribution in [0, 0.1) is 5.82 Å². The summed E-state index contributed by atoms with van der Waals surface area (Å²) < 4.78 is 24.1. The topological polar surface area (TPSA) is 83.7 Å². The molecule has 1 aromatic carbocycles. The Hall–Kier alpha value is -2.54. The molecular formula is C16H19FN2O4. The van der Waals surface area contributed by atoms with Crippen LogP contribution in [0.4, 0.5) is 9.18 Å². The van der Waals surface area contributed by atoms with Crippen LogP contribution >= 0.6 is 0 Å². The first-order valence-corrected chi connectivity index (χ1v) is 7.11. The van der Waals surface area contributed by atoms with Crippen molar-refractivity contribution in [2.45, 2.75) is 19.1 Å². The van der Waals surface area contributed by atoms with Crippen LogP contribution in [0.3, 0.4) is 0 Å². The molecule has 1 heterocycles. The van der Waals surface area contributed by atoms with Gasteiger partial charge in [-0.1, -0.05) is 6.07 Å². The van der Waals surface area contributed by atoms with Crippen molar-refractivity contribution in [3.8, 4) is 5.75 Å². The highest BCUT2D eigenvalue weighted by molar-refractivity contribution is 5.74. The predicted octanol–water partition coefficient (Wildman–Crippen LogP) is 2.52. The molecule has 2 amide bonds. The van der Waals surface area contributed by atoms with Gasteiger partial charge < -0.3 is 24.9 Å². The van der Waals surface area contributed by atoms with Gasteiger partial charge in [0.15, 0.2) is 0 Å². The Labute approximate surface area is 133 Å². The van der Waals surface area contributed by atoms with E-state index in [1.807, 2.05) is 0 Å². The summed E-state index contributed by atoms with van der Waals surface area (Å²) in [5, 5.41) is 14.9. The molecule has 2 atom stereocenters. The lowest BCUT2D eigenvalue weighted by Gasteiger charge is -2.19. The number of carbonyl (C=O) groups excluding carboxylic acids is 1. The standard InChI is InChI=1S/C16H19FN2O4/c1-10(15-11(17)5-3-6-14(15)22-2)19-16(21)18-9-12(20)13-7-4-8-23-13/h3-8,10,12,20H,9H2,1-2H3,(H2,18,19,21)/t10-,12+/m0/s1. The van der Waals surface area contributed by atoms with E-state index in [2.05, 4.69) is 10.6 Å². The highest BCUT2D eigenvalue weighted by Gasteiger charge is 2.19. The summed E-state index contributed by atoms with van der Waals surface area (Å²) >= 11 is 0. The number of aliphatic hydroxyl groups is 1. The van der Waals surface area contributed by atoms with Gasteiger partial charge in [-0.2, -0.15) is 0 Å². The number of amides is 2. The Kier molecular flexibility index (Phi) is 5.59. The molecule has 2 rings (SSSR count). The smallest absolute Gasteiger partial charge is 0.315 e. The van der Waals surface area contributed by atoms with Gasteiger partial charge in [0.2, 0.25) is 0 Å². The highest BCUT2D eigenvalue weighted by Crippen LogP contribution is 2.27. The van der Waals surface area contributed by atoms with Gasteiger partial charge in [-0.15, -0.1) is 0 Å². The Bertz CT molecular complexity index is 646. The Balaban J connectivity index is 1.92. The maximum absolute atomic E-state index is 13.9. The van der Waals surface area contributed by atoms with Gasteiger partial charge in [-0.3, -0.25) is 0 Å². The molecule has 0 unspecified atom stereocenters. The zero-order chi connectivity index (χ0) is 16.8. The molecule has 1 aromatic heterocycles. The second-order valence-electron chi connectivity index (χ2n) is 4.96. The average Bonchev–Trinajstić information content (AvgIpc) is 3.06. The van der Waals surface area contributed by atoms with Crippen molar-refractivity contribution >= 4 is 6.03 Å². The van der Waals surface area contributed by atoms with Crippen LogP contribution < -0.4 is 15.4 Å². The lowest BCUT2D eigenvalue weighted by molar-refractivity contribution is 0.147. The van der Waals surface area contributed by atoms with Crippen LogP contribution in [0.25, 0.3) is 0 Å². The molecule has 23 heavy (non-hydrogen) atoms. The number of halogens is 1. The van der Waals surface area contributed by atoms with Crippen molar-refractivity contribution in [1.29, 1.82) is 0 Å². The van der Waals surface area contributed by atoms with Gasteiger partial charge >= 0.3 is 6.03 Å². The molecule has 0 saturated heterocycles. The van der Waals surface area contributed by atoms with E-state index in [4.69, 9.17) is 9.15 Å². The highest BCUT2D eigenvalue weighted by atomic mass is 19.1. The number of rotatable bonds is 6. The lowest BCUT2D eigenvalue weighted by Crippen LogP contribution is -2.39. The van der Waals surface area contributed by atoms with Crippen LogP contribution in [0.5, 0.6) is 5.75 Å². The summed E-state index contributed by atoms with van der Waals surface area (Å²) in [5.74, 6) is 0.246. The SMILES string of the molecule is COc1cccc(F)c1[C@H](C)NC(=O)NC[C@@H](O)c1ccco1. The fourth-order valence-corrected chi connectivity index (χ4v) is 2.21. The monoisotopic (exact) mass is 322 g/mol. The minimum Gasteiger partial charge on any atom is -0.496 e. The van der Waals surface area contributed by atoms with E-state index in [9.17, 15) is 14.3 Å². The minimum absolute atomic E-state index is 0.0273. The fraction of sp³-hybridized carbons (Fsp3) is 0.312. The first kappa shape index (κ1) is 16.8. The Morgan fingerprint density at radius 2 is 2.17 bits per heavy atom. The number of nitrogens with one attached hydrogen (secondary N) is 2. The Morgan fingerprint density at radius 3 is 2.83 bits per heavy atom. The molecule has 0 spiro atoms. The fourth-order valence-electron chi connectivity index (χ4n) is 2.21. The van der Waals surface area contributed by atoms with Gasteiger partial charge in [-0.05, 0) is 31.2 Å². The summed E-state index contributed by atoms with van der Waals surface area (Å²) in [6.45, 7) is 1.62. The summed E-state index contributed by atoms with van der Waals surface area (Å²) in [4.78, 5) is 11.9. The van der Waals surface area contributed by atoms with Crippen LogP contribution in [-0.4, -0.2) is 24.8 Å². The van der Waals surface area contributed by atoms with Crippen LogP contribution in [0.2, 0.25) is 0 Å². The number of urea groups is 1. The molecule has 0 bridgehead atoms. The number of benzene rings is 1. The second-order valence-corrected chi connectivity index (χ2v) is 4.96. The molecule has 0 aliphatic heterocycles. The van der Waals surface area contributed by atoms with Crippen molar-refractivity contribution < 1.29 is 23.4 Å². The van der Waals surface area contributed by atoms with Gasteiger partial charge in [0.25, 0.3) is 0 Å². The molecule has 0 saturated carbocycles.